The summed E-state index contributed by atoms with van der Waals surface area (Å²) in [5.41, 5.74) is 2.36. The van der Waals surface area contributed by atoms with Gasteiger partial charge in [0.05, 0.1) is 11.3 Å². The Labute approximate surface area is 112 Å². The highest BCUT2D eigenvalue weighted by atomic mass is 35.5. The molecule has 2 aliphatic rings. The van der Waals surface area contributed by atoms with Gasteiger partial charge < -0.3 is 10.6 Å². The van der Waals surface area contributed by atoms with Gasteiger partial charge in [0.25, 0.3) is 11.7 Å². The van der Waals surface area contributed by atoms with Crippen molar-refractivity contribution in [3.05, 3.63) is 29.3 Å². The number of hydrogen-bond donors (Lipinski definition) is 2. The van der Waals surface area contributed by atoms with E-state index < -0.39 is 11.7 Å². The van der Waals surface area contributed by atoms with E-state index in [2.05, 4.69) is 10.6 Å². The highest BCUT2D eigenvalue weighted by Crippen LogP contribution is 2.30. The molecule has 18 heavy (non-hydrogen) atoms. The smallest absolute Gasteiger partial charge is 0.296 e. The molecule has 0 saturated carbocycles. The van der Waals surface area contributed by atoms with E-state index in [9.17, 15) is 9.59 Å². The third-order valence-corrected chi connectivity index (χ3v) is 3.55. The summed E-state index contributed by atoms with van der Waals surface area (Å²) >= 11 is 0. The zero-order valence-corrected chi connectivity index (χ0v) is 10.7. The number of hydrogen-bond acceptors (Lipinski definition) is 3. The summed E-state index contributed by atoms with van der Waals surface area (Å²) in [4.78, 5) is 22.9. The van der Waals surface area contributed by atoms with E-state index in [-0.39, 0.29) is 12.4 Å². The maximum absolute atomic E-state index is 11.6. The van der Waals surface area contributed by atoms with E-state index in [1.807, 2.05) is 18.2 Å². The molecule has 96 valence electrons. The zero-order chi connectivity index (χ0) is 11.8. The third kappa shape index (κ3) is 2.13. The maximum atomic E-state index is 11.6. The minimum Gasteiger partial charge on any atom is -0.318 e. The molecule has 1 fully saturated rings. The van der Waals surface area contributed by atoms with Gasteiger partial charge in [-0.1, -0.05) is 6.07 Å². The number of Topliss-reactive ketones (excluding diaryl/α,β-unsaturated/α-hetero) is 1. The Morgan fingerprint density at radius 3 is 2.56 bits per heavy atom. The summed E-state index contributed by atoms with van der Waals surface area (Å²) < 4.78 is 0. The molecule has 1 aromatic carbocycles. The summed E-state index contributed by atoms with van der Waals surface area (Å²) in [7, 11) is 0. The fraction of sp³-hybridized carbons (Fsp3) is 0.385. The van der Waals surface area contributed by atoms with Crippen molar-refractivity contribution in [2.24, 2.45) is 0 Å². The standard InChI is InChI=1S/C13H14N2O2.ClH/c16-12-10-7-9(8-3-5-14-6-4-8)1-2-11(10)15-13(12)17;/h1-2,7-8,14H,3-6H2,(H,15,16,17);1H. The lowest BCUT2D eigenvalue weighted by Gasteiger charge is -2.23. The molecule has 1 saturated heterocycles. The molecule has 0 unspecified atom stereocenters. The van der Waals surface area contributed by atoms with E-state index in [4.69, 9.17) is 0 Å². The van der Waals surface area contributed by atoms with Crippen molar-refractivity contribution in [3.8, 4) is 0 Å². The molecule has 1 aromatic rings. The number of carbonyl (C=O) groups excluding carboxylic acids is 2. The monoisotopic (exact) mass is 266 g/mol. The number of amides is 1. The number of nitrogens with one attached hydrogen (secondary N) is 2. The maximum Gasteiger partial charge on any atom is 0.296 e. The highest BCUT2D eigenvalue weighted by molar-refractivity contribution is 6.51. The van der Waals surface area contributed by atoms with E-state index in [1.54, 1.807) is 0 Å². The van der Waals surface area contributed by atoms with Crippen LogP contribution in [0.25, 0.3) is 0 Å². The molecule has 5 heteroatoms. The van der Waals surface area contributed by atoms with Crippen LogP contribution in [0, 0.1) is 0 Å². The van der Waals surface area contributed by atoms with Gasteiger partial charge >= 0.3 is 0 Å². The van der Waals surface area contributed by atoms with Crippen molar-refractivity contribution < 1.29 is 9.59 Å². The summed E-state index contributed by atoms with van der Waals surface area (Å²) in [6.07, 6.45) is 2.18. The van der Waals surface area contributed by atoms with Crippen molar-refractivity contribution >= 4 is 29.8 Å². The molecule has 2 heterocycles. The van der Waals surface area contributed by atoms with Gasteiger partial charge in [0.2, 0.25) is 0 Å². The van der Waals surface area contributed by atoms with Crippen LogP contribution in [-0.4, -0.2) is 24.8 Å². The normalized spacial score (nSPS) is 19.1. The van der Waals surface area contributed by atoms with Crippen molar-refractivity contribution in [1.29, 1.82) is 0 Å². The molecule has 0 aromatic heterocycles. The number of anilines is 1. The van der Waals surface area contributed by atoms with Gasteiger partial charge in [-0.15, -0.1) is 12.4 Å². The van der Waals surface area contributed by atoms with Crippen molar-refractivity contribution in [2.45, 2.75) is 18.8 Å². The molecule has 0 spiro atoms. The van der Waals surface area contributed by atoms with Crippen LogP contribution in [0.15, 0.2) is 18.2 Å². The van der Waals surface area contributed by atoms with E-state index >= 15 is 0 Å². The Hall–Kier alpha value is -1.39. The highest BCUT2D eigenvalue weighted by Gasteiger charge is 2.28. The fourth-order valence-electron chi connectivity index (χ4n) is 2.57. The topological polar surface area (TPSA) is 58.2 Å². The van der Waals surface area contributed by atoms with Gasteiger partial charge in [-0.3, -0.25) is 9.59 Å². The molecule has 4 nitrogen and oxygen atoms in total. The molecule has 0 radical (unpaired) electrons. The van der Waals surface area contributed by atoms with Gasteiger partial charge in [0, 0.05) is 0 Å². The first kappa shape index (κ1) is 13.1. The molecular formula is C13H15ClN2O2. The average molecular weight is 267 g/mol. The van der Waals surface area contributed by atoms with Crippen LogP contribution in [-0.2, 0) is 4.79 Å². The number of ketones is 1. The molecule has 0 atom stereocenters. The lowest BCUT2D eigenvalue weighted by atomic mass is 9.89. The molecule has 0 aliphatic carbocycles. The lowest BCUT2D eigenvalue weighted by Crippen LogP contribution is -2.26. The summed E-state index contributed by atoms with van der Waals surface area (Å²) in [6, 6.07) is 5.74. The van der Waals surface area contributed by atoms with E-state index in [0.29, 0.717) is 17.2 Å². The fourth-order valence-corrected chi connectivity index (χ4v) is 2.57. The second-order valence-electron chi connectivity index (χ2n) is 4.61. The van der Waals surface area contributed by atoms with Crippen molar-refractivity contribution in [2.75, 3.05) is 18.4 Å². The summed E-state index contributed by atoms with van der Waals surface area (Å²) in [6.45, 7) is 2.04. The number of benzene rings is 1. The number of carbonyl (C=O) groups is 2. The predicted octanol–water partition coefficient (Wildman–Crippen LogP) is 1.71. The average Bonchev–Trinajstić information content (AvgIpc) is 2.66. The first-order valence-electron chi connectivity index (χ1n) is 5.96. The number of halogens is 1. The Balaban J connectivity index is 0.00000120. The van der Waals surface area contributed by atoms with Gasteiger partial charge in [0.1, 0.15) is 0 Å². The van der Waals surface area contributed by atoms with Crippen molar-refractivity contribution in [3.63, 3.8) is 0 Å². The Bertz CT molecular complexity index is 496. The van der Waals surface area contributed by atoms with Gasteiger partial charge in [0.15, 0.2) is 0 Å². The molecule has 2 N–H and O–H groups in total. The minimum atomic E-state index is -0.512. The summed E-state index contributed by atoms with van der Waals surface area (Å²) in [5.74, 6) is -0.414. The van der Waals surface area contributed by atoms with Crippen LogP contribution in [0.3, 0.4) is 0 Å². The van der Waals surface area contributed by atoms with Crippen LogP contribution >= 0.6 is 12.4 Å². The van der Waals surface area contributed by atoms with E-state index in [1.165, 1.54) is 5.56 Å². The van der Waals surface area contributed by atoms with Crippen LogP contribution in [0.4, 0.5) is 5.69 Å². The number of piperidine rings is 1. The van der Waals surface area contributed by atoms with Crippen LogP contribution < -0.4 is 10.6 Å². The Kier molecular flexibility index (Phi) is 3.68. The molecular weight excluding hydrogens is 252 g/mol. The second kappa shape index (κ2) is 5.08. The Morgan fingerprint density at radius 2 is 1.83 bits per heavy atom. The SMILES string of the molecule is Cl.O=C1Nc2ccc(C3CCNCC3)cc2C1=O. The molecule has 3 rings (SSSR count). The molecule has 1 amide bonds. The van der Waals surface area contributed by atoms with Crippen molar-refractivity contribution in [1.82, 2.24) is 5.32 Å². The number of rotatable bonds is 1. The lowest BCUT2D eigenvalue weighted by molar-refractivity contribution is -0.112. The minimum absolute atomic E-state index is 0. The van der Waals surface area contributed by atoms with Gasteiger partial charge in [-0.05, 0) is 49.5 Å². The third-order valence-electron chi connectivity index (χ3n) is 3.55. The Morgan fingerprint density at radius 1 is 1.11 bits per heavy atom. The van der Waals surface area contributed by atoms with E-state index in [0.717, 1.165) is 25.9 Å². The van der Waals surface area contributed by atoms with Crippen LogP contribution in [0.1, 0.15) is 34.7 Å². The number of fused-ring (bicyclic) bond motifs is 1. The summed E-state index contributed by atoms with van der Waals surface area (Å²) in [5, 5.41) is 5.90. The van der Waals surface area contributed by atoms with Crippen LogP contribution in [0.5, 0.6) is 0 Å². The molecule has 0 bridgehead atoms. The predicted molar refractivity (Wildman–Crippen MR) is 71.5 cm³/mol. The quantitative estimate of drug-likeness (QED) is 0.761. The second-order valence-corrected chi connectivity index (χ2v) is 4.61. The first-order valence-corrected chi connectivity index (χ1v) is 5.96. The van der Waals surface area contributed by atoms with Crippen LogP contribution in [0.2, 0.25) is 0 Å². The molecule has 2 aliphatic heterocycles. The first-order chi connectivity index (χ1) is 8.25. The largest absolute Gasteiger partial charge is 0.318 e. The van der Waals surface area contributed by atoms with Gasteiger partial charge in [-0.25, -0.2) is 0 Å². The zero-order valence-electron chi connectivity index (χ0n) is 9.86. The van der Waals surface area contributed by atoms with Gasteiger partial charge in [-0.2, -0.15) is 0 Å².